The Morgan fingerprint density at radius 3 is 2.12 bits per heavy atom. The first kappa shape index (κ1) is 26.1. The number of carbonyl (C=O) groups excluding carboxylic acids is 1. The van der Waals surface area contributed by atoms with E-state index in [0.717, 1.165) is 0 Å². The molecule has 0 spiro atoms. The fourth-order valence-corrected chi connectivity index (χ4v) is 3.22. The van der Waals surface area contributed by atoms with Crippen molar-refractivity contribution in [3.05, 3.63) is 74.8 Å². The molecule has 182 valence electrons. The first-order chi connectivity index (χ1) is 16.0. The van der Waals surface area contributed by atoms with Gasteiger partial charge in [0.2, 0.25) is 5.91 Å². The van der Waals surface area contributed by atoms with Crippen LogP contribution in [0.4, 0.5) is 28.4 Å². The number of nitro groups is 2. The summed E-state index contributed by atoms with van der Waals surface area (Å²) in [6, 6.07) is 11.2. The molecule has 0 radical (unpaired) electrons. The summed E-state index contributed by atoms with van der Waals surface area (Å²) in [6.07, 6.45) is 3.53. The summed E-state index contributed by atoms with van der Waals surface area (Å²) in [5.41, 5.74) is 0.511. The zero-order chi connectivity index (χ0) is 25.3. The van der Waals surface area contributed by atoms with Gasteiger partial charge < -0.3 is 20.9 Å². The first-order valence-electron chi connectivity index (χ1n) is 10.7. The van der Waals surface area contributed by atoms with E-state index in [2.05, 4.69) is 16.0 Å². The number of nitrogens with one attached hydrogen (secondary N) is 3. The van der Waals surface area contributed by atoms with Gasteiger partial charge in [0.25, 0.3) is 5.69 Å². The number of carbonyl (C=O) groups is 1. The lowest BCUT2D eigenvalue weighted by molar-refractivity contribution is -0.384. The fraction of sp³-hybridized carbons (Fsp3) is 0.348. The number of benzene rings is 2. The molecule has 2 rings (SSSR count). The van der Waals surface area contributed by atoms with E-state index in [0.29, 0.717) is 30.2 Å². The lowest BCUT2D eigenvalue weighted by Crippen LogP contribution is -2.45. The number of para-hydroxylation sites is 3. The molecule has 2 aromatic carbocycles. The molecule has 34 heavy (non-hydrogen) atoms. The monoisotopic (exact) mass is 470 g/mol. The normalized spacial score (nSPS) is 11.2. The van der Waals surface area contributed by atoms with E-state index in [1.54, 1.807) is 55.6 Å². The summed E-state index contributed by atoms with van der Waals surface area (Å²) in [5, 5.41) is 31.7. The molecule has 0 aromatic heterocycles. The molecule has 0 fully saturated rings. The number of nitrogens with zero attached hydrogens (tertiary/aromatic N) is 3. The second-order valence-electron chi connectivity index (χ2n) is 8.59. The molecule has 0 aliphatic heterocycles. The van der Waals surface area contributed by atoms with Gasteiger partial charge >= 0.3 is 5.69 Å². The van der Waals surface area contributed by atoms with Gasteiger partial charge in [0.15, 0.2) is 0 Å². The van der Waals surface area contributed by atoms with Crippen LogP contribution < -0.4 is 20.9 Å². The molecular weight excluding hydrogens is 440 g/mol. The molecule has 0 saturated carbocycles. The van der Waals surface area contributed by atoms with Crippen LogP contribution >= 0.6 is 0 Å². The number of anilines is 3. The maximum atomic E-state index is 12.3. The van der Waals surface area contributed by atoms with E-state index >= 15 is 0 Å². The van der Waals surface area contributed by atoms with E-state index < -0.39 is 15.4 Å². The van der Waals surface area contributed by atoms with Crippen molar-refractivity contribution in [3.8, 4) is 0 Å². The zero-order valence-corrected chi connectivity index (χ0v) is 19.7. The fourth-order valence-electron chi connectivity index (χ4n) is 3.22. The second kappa shape index (κ2) is 11.6. The minimum atomic E-state index is -0.477. The molecule has 11 heteroatoms. The Morgan fingerprint density at radius 1 is 0.941 bits per heavy atom. The standard InChI is InChI=1S/C23H30N6O5/c1-23(2,3)26-21(30)16-27(4)20-13-9-11-18(22(20)29(33)34)25-15-8-7-14-24-17-10-5-6-12-19(17)28(31)32/h5-13,24-25H,14-16H2,1-4H3,(H,26,30)/b8-7+. The van der Waals surface area contributed by atoms with Crippen LogP contribution in [0.25, 0.3) is 0 Å². The van der Waals surface area contributed by atoms with Crippen molar-refractivity contribution >= 4 is 34.3 Å². The van der Waals surface area contributed by atoms with Crippen LogP contribution in [0.2, 0.25) is 0 Å². The lowest BCUT2D eigenvalue weighted by atomic mass is 10.1. The molecule has 0 atom stereocenters. The number of likely N-dealkylation sites (N-methyl/N-ethyl adjacent to an activating group) is 1. The Hall–Kier alpha value is -4.15. The van der Waals surface area contributed by atoms with Crippen molar-refractivity contribution < 1.29 is 14.6 Å². The molecular formula is C23H30N6O5. The predicted octanol–water partition coefficient (Wildman–Crippen LogP) is 3.93. The molecule has 1 amide bonds. The van der Waals surface area contributed by atoms with Crippen LogP contribution in [0, 0.1) is 20.2 Å². The van der Waals surface area contributed by atoms with Crippen LogP contribution in [0.1, 0.15) is 20.8 Å². The van der Waals surface area contributed by atoms with Gasteiger partial charge in [-0.25, -0.2) is 0 Å². The predicted molar refractivity (Wildman–Crippen MR) is 133 cm³/mol. The minimum absolute atomic E-state index is 0.0123. The third-order valence-electron chi connectivity index (χ3n) is 4.59. The van der Waals surface area contributed by atoms with Gasteiger partial charge in [0, 0.05) is 31.7 Å². The summed E-state index contributed by atoms with van der Waals surface area (Å²) in [5.74, 6) is -0.239. The second-order valence-corrected chi connectivity index (χ2v) is 8.59. The topological polar surface area (TPSA) is 143 Å². The van der Waals surface area contributed by atoms with Gasteiger partial charge in [-0.05, 0) is 39.0 Å². The summed E-state index contributed by atoms with van der Waals surface area (Å²) >= 11 is 0. The maximum absolute atomic E-state index is 12.3. The highest BCUT2D eigenvalue weighted by atomic mass is 16.6. The highest BCUT2D eigenvalue weighted by Crippen LogP contribution is 2.34. The highest BCUT2D eigenvalue weighted by molar-refractivity contribution is 5.85. The molecule has 2 aromatic rings. The Kier molecular flexibility index (Phi) is 8.94. The Balaban J connectivity index is 2.01. The van der Waals surface area contributed by atoms with E-state index in [1.165, 1.54) is 11.0 Å². The third-order valence-corrected chi connectivity index (χ3v) is 4.59. The van der Waals surface area contributed by atoms with Gasteiger partial charge in [-0.3, -0.25) is 25.0 Å². The molecule has 0 saturated heterocycles. The molecule has 0 heterocycles. The summed E-state index contributed by atoms with van der Waals surface area (Å²) < 4.78 is 0. The van der Waals surface area contributed by atoms with Gasteiger partial charge in [-0.1, -0.05) is 30.4 Å². The van der Waals surface area contributed by atoms with Crippen LogP contribution in [0.5, 0.6) is 0 Å². The highest BCUT2D eigenvalue weighted by Gasteiger charge is 2.24. The van der Waals surface area contributed by atoms with Crippen molar-refractivity contribution in [1.29, 1.82) is 0 Å². The molecule has 0 bridgehead atoms. The van der Waals surface area contributed by atoms with Crippen LogP contribution in [0.3, 0.4) is 0 Å². The van der Waals surface area contributed by atoms with Crippen LogP contribution in [0.15, 0.2) is 54.6 Å². The maximum Gasteiger partial charge on any atom is 0.315 e. The smallest absolute Gasteiger partial charge is 0.315 e. The Bertz CT molecular complexity index is 1060. The molecule has 0 unspecified atom stereocenters. The van der Waals surface area contributed by atoms with Gasteiger partial charge in [-0.15, -0.1) is 0 Å². The molecule has 0 aliphatic rings. The van der Waals surface area contributed by atoms with E-state index in [1.807, 2.05) is 20.8 Å². The number of rotatable bonds is 11. The Labute approximate surface area is 198 Å². The number of amides is 1. The SMILES string of the molecule is CN(CC(=O)NC(C)(C)C)c1cccc(NC/C=C/CNc2ccccc2[N+](=O)[O-])c1[N+](=O)[O-]. The lowest BCUT2D eigenvalue weighted by Gasteiger charge is -2.24. The van der Waals surface area contributed by atoms with Crippen LogP contribution in [-0.4, -0.2) is 48.0 Å². The average Bonchev–Trinajstić information content (AvgIpc) is 2.74. The molecule has 11 nitrogen and oxygen atoms in total. The van der Waals surface area contributed by atoms with E-state index in [4.69, 9.17) is 0 Å². The Morgan fingerprint density at radius 2 is 1.53 bits per heavy atom. The van der Waals surface area contributed by atoms with E-state index in [9.17, 15) is 25.0 Å². The minimum Gasteiger partial charge on any atom is -0.376 e. The summed E-state index contributed by atoms with van der Waals surface area (Å²) in [6.45, 7) is 6.21. The zero-order valence-electron chi connectivity index (χ0n) is 19.7. The summed E-state index contributed by atoms with van der Waals surface area (Å²) in [4.78, 5) is 35.7. The quantitative estimate of drug-likeness (QED) is 0.255. The number of nitro benzene ring substituents is 2. The van der Waals surface area contributed by atoms with Crippen molar-refractivity contribution in [2.45, 2.75) is 26.3 Å². The van der Waals surface area contributed by atoms with Crippen LogP contribution in [-0.2, 0) is 4.79 Å². The molecule has 0 aliphatic carbocycles. The first-order valence-corrected chi connectivity index (χ1v) is 10.7. The van der Waals surface area contributed by atoms with Gasteiger partial charge in [-0.2, -0.15) is 0 Å². The average molecular weight is 471 g/mol. The van der Waals surface area contributed by atoms with Crippen molar-refractivity contribution in [3.63, 3.8) is 0 Å². The molecule has 3 N–H and O–H groups in total. The summed E-state index contributed by atoms with van der Waals surface area (Å²) in [7, 11) is 1.63. The van der Waals surface area contributed by atoms with Crippen molar-refractivity contribution in [1.82, 2.24) is 5.32 Å². The van der Waals surface area contributed by atoms with Gasteiger partial charge in [0.1, 0.15) is 17.1 Å². The largest absolute Gasteiger partial charge is 0.376 e. The van der Waals surface area contributed by atoms with Crippen molar-refractivity contribution in [2.24, 2.45) is 0 Å². The van der Waals surface area contributed by atoms with Crippen molar-refractivity contribution in [2.75, 3.05) is 42.2 Å². The number of hydrogen-bond donors (Lipinski definition) is 3. The number of hydrogen-bond acceptors (Lipinski definition) is 8. The van der Waals surface area contributed by atoms with Gasteiger partial charge in [0.05, 0.1) is 16.4 Å². The van der Waals surface area contributed by atoms with E-state index in [-0.39, 0.29) is 23.8 Å². The third kappa shape index (κ3) is 7.76.